The summed E-state index contributed by atoms with van der Waals surface area (Å²) in [7, 11) is 0. The fraction of sp³-hybridized carbons (Fsp3) is 0.556. The van der Waals surface area contributed by atoms with Crippen LogP contribution in [0.25, 0.3) is 0 Å². The van der Waals surface area contributed by atoms with Gasteiger partial charge in [-0.15, -0.1) is 0 Å². The molecule has 7 nitrogen and oxygen atoms in total. The Balaban J connectivity index is 1.63. The highest BCUT2D eigenvalue weighted by Crippen LogP contribution is 2.38. The number of aromatic nitrogens is 2. The maximum atomic E-state index is 10.0. The second-order valence-corrected chi connectivity index (χ2v) is 6.93. The van der Waals surface area contributed by atoms with E-state index >= 15 is 0 Å². The second kappa shape index (κ2) is 7.51. The van der Waals surface area contributed by atoms with Crippen molar-refractivity contribution in [1.29, 1.82) is 0 Å². The summed E-state index contributed by atoms with van der Waals surface area (Å²) in [6.45, 7) is 5.45. The molecular weight excluding hydrogens is 322 g/mol. The summed E-state index contributed by atoms with van der Waals surface area (Å²) >= 11 is 0. The van der Waals surface area contributed by atoms with Crippen LogP contribution in [0.5, 0.6) is 5.75 Å². The second-order valence-electron chi connectivity index (χ2n) is 6.93. The zero-order valence-corrected chi connectivity index (χ0v) is 14.6. The fourth-order valence-corrected chi connectivity index (χ4v) is 3.43. The van der Waals surface area contributed by atoms with E-state index in [0.29, 0.717) is 38.3 Å². The zero-order valence-electron chi connectivity index (χ0n) is 14.6. The summed E-state index contributed by atoms with van der Waals surface area (Å²) in [6.07, 6.45) is 2.88. The third-order valence-electron chi connectivity index (χ3n) is 4.89. The first-order valence-corrected chi connectivity index (χ1v) is 8.50. The van der Waals surface area contributed by atoms with Crippen LogP contribution in [0.1, 0.15) is 29.9 Å². The number of hydrogen-bond acceptors (Lipinski definition) is 7. The lowest BCUT2D eigenvalue weighted by atomic mass is 9.86. The molecular formula is C18H25N3O4. The fourth-order valence-electron chi connectivity index (χ4n) is 3.43. The smallest absolute Gasteiger partial charge is 0.138 e. The summed E-state index contributed by atoms with van der Waals surface area (Å²) in [5, 5.41) is 27.4. The molecule has 2 aromatic heterocycles. The number of ether oxygens (including phenoxy) is 1. The van der Waals surface area contributed by atoms with Crippen LogP contribution in [0.4, 0.5) is 0 Å². The Kier molecular flexibility index (Phi) is 5.36. The van der Waals surface area contributed by atoms with Crippen molar-refractivity contribution < 1.29 is 19.5 Å². The highest BCUT2D eigenvalue weighted by Gasteiger charge is 2.44. The van der Waals surface area contributed by atoms with Crippen LogP contribution in [0.3, 0.4) is 0 Å². The Morgan fingerprint density at radius 3 is 2.68 bits per heavy atom. The molecule has 7 heteroatoms. The van der Waals surface area contributed by atoms with Crippen molar-refractivity contribution in [3.8, 4) is 5.75 Å². The van der Waals surface area contributed by atoms with Crippen LogP contribution >= 0.6 is 0 Å². The van der Waals surface area contributed by atoms with E-state index in [1.54, 1.807) is 12.4 Å². The number of nitrogens with zero attached hydrogens (tertiary/aromatic N) is 2. The molecule has 0 aliphatic heterocycles. The van der Waals surface area contributed by atoms with Crippen LogP contribution in [-0.4, -0.2) is 45.7 Å². The normalized spacial score (nSPS) is 26.1. The number of pyridine rings is 1. The Hall–Kier alpha value is -1.96. The third-order valence-corrected chi connectivity index (χ3v) is 4.89. The van der Waals surface area contributed by atoms with Crippen molar-refractivity contribution in [3.05, 3.63) is 41.5 Å². The van der Waals surface area contributed by atoms with E-state index in [-0.39, 0.29) is 5.41 Å². The standard InChI is InChI=1S/C18H25N3O4/c1-12-15(13(2)25-21-12)9-20-10-18(6-16(22)17(23)7-18)11-24-14-4-3-5-19-8-14/h3-5,8,16-17,20,22-23H,6-7,9-11H2,1-2H3. The van der Waals surface area contributed by atoms with E-state index in [1.807, 2.05) is 26.0 Å². The average Bonchev–Trinajstić information content (AvgIpc) is 3.07. The average molecular weight is 347 g/mol. The summed E-state index contributed by atoms with van der Waals surface area (Å²) in [5.41, 5.74) is 1.58. The minimum absolute atomic E-state index is 0.340. The molecule has 1 aliphatic carbocycles. The molecule has 25 heavy (non-hydrogen) atoms. The molecule has 1 fully saturated rings. The van der Waals surface area contributed by atoms with Crippen molar-refractivity contribution >= 4 is 0 Å². The molecule has 1 aliphatic rings. The Morgan fingerprint density at radius 2 is 2.08 bits per heavy atom. The molecule has 1 saturated carbocycles. The lowest BCUT2D eigenvalue weighted by Crippen LogP contribution is -2.38. The number of hydrogen-bond donors (Lipinski definition) is 3. The quantitative estimate of drug-likeness (QED) is 0.695. The molecule has 2 aromatic rings. The van der Waals surface area contributed by atoms with E-state index in [2.05, 4.69) is 15.5 Å². The number of aliphatic hydroxyl groups is 2. The predicted molar refractivity (Wildman–Crippen MR) is 91.1 cm³/mol. The summed E-state index contributed by atoms with van der Waals surface area (Å²) in [6, 6.07) is 3.66. The molecule has 2 unspecified atom stereocenters. The largest absolute Gasteiger partial charge is 0.491 e. The van der Waals surface area contributed by atoms with Crippen molar-refractivity contribution in [2.24, 2.45) is 5.41 Å². The number of nitrogens with one attached hydrogen (secondary N) is 1. The third kappa shape index (κ3) is 4.18. The molecule has 136 valence electrons. The highest BCUT2D eigenvalue weighted by molar-refractivity contribution is 5.20. The van der Waals surface area contributed by atoms with Gasteiger partial charge < -0.3 is 24.8 Å². The van der Waals surface area contributed by atoms with Crippen LogP contribution in [0, 0.1) is 19.3 Å². The zero-order chi connectivity index (χ0) is 17.9. The summed E-state index contributed by atoms with van der Waals surface area (Å²) in [5.74, 6) is 1.49. The first-order valence-electron chi connectivity index (χ1n) is 8.50. The van der Waals surface area contributed by atoms with Crippen molar-refractivity contribution in [3.63, 3.8) is 0 Å². The van der Waals surface area contributed by atoms with E-state index in [4.69, 9.17) is 9.26 Å². The lowest BCUT2D eigenvalue weighted by molar-refractivity contribution is 0.0438. The topological polar surface area (TPSA) is 101 Å². The van der Waals surface area contributed by atoms with E-state index < -0.39 is 12.2 Å². The van der Waals surface area contributed by atoms with Gasteiger partial charge in [0.15, 0.2) is 0 Å². The van der Waals surface area contributed by atoms with Crippen LogP contribution in [-0.2, 0) is 6.54 Å². The van der Waals surface area contributed by atoms with Gasteiger partial charge in [0, 0.05) is 30.3 Å². The monoisotopic (exact) mass is 347 g/mol. The van der Waals surface area contributed by atoms with Crippen LogP contribution in [0.2, 0.25) is 0 Å². The van der Waals surface area contributed by atoms with E-state index in [1.165, 1.54) is 0 Å². The predicted octanol–water partition coefficient (Wildman–Crippen LogP) is 1.36. The van der Waals surface area contributed by atoms with E-state index in [0.717, 1.165) is 17.0 Å². The highest BCUT2D eigenvalue weighted by atomic mass is 16.5. The Labute approximate surface area is 147 Å². The minimum atomic E-state index is -0.724. The molecule has 0 bridgehead atoms. The van der Waals surface area contributed by atoms with Gasteiger partial charge in [-0.3, -0.25) is 4.98 Å². The van der Waals surface area contributed by atoms with Gasteiger partial charge in [-0.05, 0) is 38.8 Å². The number of rotatable bonds is 7. The molecule has 0 amide bonds. The maximum Gasteiger partial charge on any atom is 0.138 e. The van der Waals surface area contributed by atoms with Gasteiger partial charge in [0.1, 0.15) is 11.5 Å². The van der Waals surface area contributed by atoms with Gasteiger partial charge >= 0.3 is 0 Å². The maximum absolute atomic E-state index is 10.0. The molecule has 0 spiro atoms. The van der Waals surface area contributed by atoms with Gasteiger partial charge in [-0.25, -0.2) is 0 Å². The summed E-state index contributed by atoms with van der Waals surface area (Å²) < 4.78 is 11.1. The van der Waals surface area contributed by atoms with Gasteiger partial charge in [0.25, 0.3) is 0 Å². The first kappa shape index (κ1) is 17.8. The Bertz CT molecular complexity index is 659. The van der Waals surface area contributed by atoms with Crippen molar-refractivity contribution in [2.75, 3.05) is 13.2 Å². The number of aliphatic hydroxyl groups excluding tert-OH is 2. The number of aryl methyl sites for hydroxylation is 2. The lowest BCUT2D eigenvalue weighted by Gasteiger charge is -2.29. The van der Waals surface area contributed by atoms with Crippen LogP contribution < -0.4 is 10.1 Å². The molecule has 2 heterocycles. The molecule has 0 saturated heterocycles. The van der Waals surface area contributed by atoms with Crippen molar-refractivity contribution in [1.82, 2.24) is 15.5 Å². The SMILES string of the molecule is Cc1noc(C)c1CNCC1(COc2cccnc2)CC(O)C(O)C1. The summed E-state index contributed by atoms with van der Waals surface area (Å²) in [4.78, 5) is 4.04. The van der Waals surface area contributed by atoms with Gasteiger partial charge in [-0.1, -0.05) is 5.16 Å². The molecule has 3 rings (SSSR count). The van der Waals surface area contributed by atoms with Gasteiger partial charge in [-0.2, -0.15) is 0 Å². The molecule has 0 radical (unpaired) electrons. The van der Waals surface area contributed by atoms with Gasteiger partial charge in [0.2, 0.25) is 0 Å². The minimum Gasteiger partial charge on any atom is -0.491 e. The van der Waals surface area contributed by atoms with E-state index in [9.17, 15) is 10.2 Å². The van der Waals surface area contributed by atoms with Crippen molar-refractivity contribution in [2.45, 2.75) is 45.4 Å². The van der Waals surface area contributed by atoms with Crippen LogP contribution in [0.15, 0.2) is 29.0 Å². The molecule has 2 atom stereocenters. The Morgan fingerprint density at radius 1 is 1.32 bits per heavy atom. The first-order chi connectivity index (χ1) is 12.0. The van der Waals surface area contributed by atoms with Gasteiger partial charge in [0.05, 0.1) is 30.7 Å². The molecule has 3 N–H and O–H groups in total. The molecule has 0 aromatic carbocycles.